The number of carbonyl (C=O) groups excluding carboxylic acids is 4. The molecule has 2 aliphatic heterocycles. The third-order valence-electron chi connectivity index (χ3n) is 8.74. The number of nitrogens with zero attached hydrogens (tertiary/aromatic N) is 3. The minimum absolute atomic E-state index is 0.0124. The first kappa shape index (κ1) is 30.9. The molecule has 230 valence electrons. The highest BCUT2D eigenvalue weighted by atomic mass is 16.2. The van der Waals surface area contributed by atoms with Crippen LogP contribution in [0.3, 0.4) is 0 Å². The average molecular weight is 597 g/mol. The molecular weight excluding hydrogens is 556 g/mol. The number of benzene rings is 2. The number of likely N-dealkylation sites (N-methyl/N-ethyl adjacent to an activating group) is 1. The summed E-state index contributed by atoms with van der Waals surface area (Å²) in [6.07, 6.45) is 4.38. The smallest absolute Gasteiger partial charge is 0.246 e. The van der Waals surface area contributed by atoms with Gasteiger partial charge in [0.25, 0.3) is 0 Å². The number of aromatic nitrogens is 1. The van der Waals surface area contributed by atoms with Crippen LogP contribution in [0.4, 0.5) is 0 Å². The molecule has 10 heteroatoms. The summed E-state index contributed by atoms with van der Waals surface area (Å²) in [5.41, 5.74) is 8.71. The monoisotopic (exact) mass is 596 g/mol. The number of hydrogen-bond donors (Lipinski definition) is 3. The molecule has 0 saturated carbocycles. The average Bonchev–Trinajstić information content (AvgIpc) is 3.71. The third kappa shape index (κ3) is 6.81. The molecule has 0 aliphatic carbocycles. The Hall–Kier alpha value is -4.57. The topological polar surface area (TPSA) is 138 Å². The minimum atomic E-state index is -0.951. The normalized spacial score (nSPS) is 22.7. The Morgan fingerprint density at radius 1 is 0.864 bits per heavy atom. The van der Waals surface area contributed by atoms with Crippen LogP contribution >= 0.6 is 0 Å². The van der Waals surface area contributed by atoms with Gasteiger partial charge >= 0.3 is 0 Å². The highest BCUT2D eigenvalue weighted by Crippen LogP contribution is 2.37. The zero-order valence-electron chi connectivity index (χ0n) is 25.1. The number of rotatable bonds is 9. The second-order valence-corrected chi connectivity index (χ2v) is 11.7. The molecule has 6 unspecified atom stereocenters. The maximum atomic E-state index is 14.5. The van der Waals surface area contributed by atoms with Crippen LogP contribution in [0.5, 0.6) is 0 Å². The number of carbonyl (C=O) groups is 4. The van der Waals surface area contributed by atoms with E-state index < -0.39 is 30.1 Å². The predicted octanol–water partition coefficient (Wildman–Crippen LogP) is 1.97. The summed E-state index contributed by atoms with van der Waals surface area (Å²) >= 11 is 0. The first-order chi connectivity index (χ1) is 21.3. The SMILES string of the molecule is CNC(=O)C1CC(c2ccccc2)CN1C(=O)C1CC(c2ccccc2)CN1C(=O)C(Cc1cccnc1)NC(=O)C(C)N. The molecule has 4 amide bonds. The number of nitrogens with one attached hydrogen (secondary N) is 2. The Morgan fingerprint density at radius 3 is 2.00 bits per heavy atom. The van der Waals surface area contributed by atoms with Gasteiger partial charge in [0.2, 0.25) is 23.6 Å². The van der Waals surface area contributed by atoms with E-state index >= 15 is 0 Å². The van der Waals surface area contributed by atoms with Crippen molar-refractivity contribution in [2.75, 3.05) is 20.1 Å². The summed E-state index contributed by atoms with van der Waals surface area (Å²) in [5.74, 6) is -1.42. The maximum absolute atomic E-state index is 14.5. The Balaban J connectivity index is 1.47. The lowest BCUT2D eigenvalue weighted by Gasteiger charge is -2.33. The second-order valence-electron chi connectivity index (χ2n) is 11.7. The van der Waals surface area contributed by atoms with Crippen LogP contribution in [-0.4, -0.2) is 82.7 Å². The second kappa shape index (κ2) is 13.8. The molecule has 10 nitrogen and oxygen atoms in total. The Bertz CT molecular complexity index is 1450. The number of likely N-dealkylation sites (tertiary alicyclic amines) is 2. The number of nitrogens with two attached hydrogens (primary N) is 1. The van der Waals surface area contributed by atoms with E-state index in [0.717, 1.165) is 16.7 Å². The predicted molar refractivity (Wildman–Crippen MR) is 166 cm³/mol. The highest BCUT2D eigenvalue weighted by molar-refractivity contribution is 5.96. The molecule has 0 bridgehead atoms. The molecule has 2 fully saturated rings. The fraction of sp³-hybridized carbons (Fsp3) is 0.382. The van der Waals surface area contributed by atoms with Crippen molar-refractivity contribution in [2.24, 2.45) is 5.73 Å². The molecule has 3 heterocycles. The standard InChI is InChI=1S/C34H40N6O4/c1-22(35)31(41)38-28(16-23-10-9-15-37-19-23)33(43)40-21-27(25-13-7-4-8-14-25)18-30(40)34(44)39-20-26(17-29(39)32(42)36-2)24-11-5-3-6-12-24/h3-15,19,22,26-30H,16-18,20-21,35H2,1-2H3,(H,36,42)(H,38,41). The van der Waals surface area contributed by atoms with E-state index in [2.05, 4.69) is 15.6 Å². The van der Waals surface area contributed by atoms with E-state index in [-0.39, 0.29) is 36.0 Å². The van der Waals surface area contributed by atoms with Gasteiger partial charge in [0.1, 0.15) is 18.1 Å². The van der Waals surface area contributed by atoms with Crippen molar-refractivity contribution in [1.29, 1.82) is 0 Å². The fourth-order valence-corrected chi connectivity index (χ4v) is 6.39. The van der Waals surface area contributed by atoms with E-state index in [1.165, 1.54) is 0 Å². The number of hydrogen-bond acceptors (Lipinski definition) is 6. The van der Waals surface area contributed by atoms with Crippen molar-refractivity contribution in [2.45, 2.75) is 62.2 Å². The third-order valence-corrected chi connectivity index (χ3v) is 8.74. The first-order valence-electron chi connectivity index (χ1n) is 15.1. The van der Waals surface area contributed by atoms with Crippen LogP contribution in [0.1, 0.15) is 48.3 Å². The van der Waals surface area contributed by atoms with Gasteiger partial charge in [-0.25, -0.2) is 0 Å². The van der Waals surface area contributed by atoms with E-state index in [4.69, 9.17) is 5.73 Å². The molecule has 6 atom stereocenters. The van der Waals surface area contributed by atoms with Crippen molar-refractivity contribution in [3.63, 3.8) is 0 Å². The van der Waals surface area contributed by atoms with Gasteiger partial charge in [0.05, 0.1) is 6.04 Å². The summed E-state index contributed by atoms with van der Waals surface area (Å²) < 4.78 is 0. The van der Waals surface area contributed by atoms with Crippen molar-refractivity contribution in [3.05, 3.63) is 102 Å². The number of pyridine rings is 1. The first-order valence-corrected chi connectivity index (χ1v) is 15.1. The number of amides is 4. The van der Waals surface area contributed by atoms with Crippen molar-refractivity contribution in [1.82, 2.24) is 25.4 Å². The van der Waals surface area contributed by atoms with E-state index in [9.17, 15) is 19.2 Å². The highest BCUT2D eigenvalue weighted by Gasteiger charge is 2.48. The molecule has 2 saturated heterocycles. The summed E-state index contributed by atoms with van der Waals surface area (Å²) in [6.45, 7) is 2.23. The molecular formula is C34H40N6O4. The maximum Gasteiger partial charge on any atom is 0.246 e. The lowest BCUT2D eigenvalue weighted by atomic mass is 9.96. The zero-order valence-corrected chi connectivity index (χ0v) is 25.1. The van der Waals surface area contributed by atoms with Crippen LogP contribution in [0.2, 0.25) is 0 Å². The van der Waals surface area contributed by atoms with Gasteiger partial charge in [-0.15, -0.1) is 0 Å². The van der Waals surface area contributed by atoms with Gasteiger partial charge in [-0.2, -0.15) is 0 Å². The summed E-state index contributed by atoms with van der Waals surface area (Å²) in [4.78, 5) is 62.1. The van der Waals surface area contributed by atoms with Gasteiger partial charge < -0.3 is 26.2 Å². The summed E-state index contributed by atoms with van der Waals surface area (Å²) in [6, 6.07) is 20.1. The molecule has 2 aromatic carbocycles. The van der Waals surface area contributed by atoms with Gasteiger partial charge in [-0.1, -0.05) is 66.7 Å². The van der Waals surface area contributed by atoms with Gasteiger partial charge in [0.15, 0.2) is 0 Å². The molecule has 3 aromatic rings. The fourth-order valence-electron chi connectivity index (χ4n) is 6.39. The lowest BCUT2D eigenvalue weighted by Crippen LogP contribution is -2.57. The zero-order chi connectivity index (χ0) is 31.2. The Kier molecular flexibility index (Phi) is 9.69. The lowest BCUT2D eigenvalue weighted by molar-refractivity contribution is -0.147. The molecule has 44 heavy (non-hydrogen) atoms. The molecule has 0 spiro atoms. The largest absolute Gasteiger partial charge is 0.357 e. The van der Waals surface area contributed by atoms with E-state index in [1.807, 2.05) is 66.7 Å². The van der Waals surface area contributed by atoms with E-state index in [1.54, 1.807) is 42.2 Å². The van der Waals surface area contributed by atoms with Crippen LogP contribution in [-0.2, 0) is 25.6 Å². The van der Waals surface area contributed by atoms with Crippen molar-refractivity contribution in [3.8, 4) is 0 Å². The van der Waals surface area contributed by atoms with E-state index in [0.29, 0.717) is 25.9 Å². The Morgan fingerprint density at radius 2 is 1.45 bits per heavy atom. The van der Waals surface area contributed by atoms with Crippen molar-refractivity contribution >= 4 is 23.6 Å². The summed E-state index contributed by atoms with van der Waals surface area (Å²) in [5, 5.41) is 5.54. The van der Waals surface area contributed by atoms with Crippen LogP contribution in [0, 0.1) is 0 Å². The Labute approximate surface area is 258 Å². The van der Waals surface area contributed by atoms with Crippen LogP contribution in [0.25, 0.3) is 0 Å². The van der Waals surface area contributed by atoms with Gasteiger partial charge in [-0.3, -0.25) is 24.2 Å². The van der Waals surface area contributed by atoms with Gasteiger partial charge in [-0.05, 0) is 42.5 Å². The minimum Gasteiger partial charge on any atom is -0.357 e. The molecule has 4 N–H and O–H groups in total. The molecule has 2 aliphatic rings. The molecule has 1 aromatic heterocycles. The van der Waals surface area contributed by atoms with Gasteiger partial charge in [0, 0.05) is 50.8 Å². The van der Waals surface area contributed by atoms with Crippen molar-refractivity contribution < 1.29 is 19.2 Å². The van der Waals surface area contributed by atoms with Crippen LogP contribution in [0.15, 0.2) is 85.2 Å². The van der Waals surface area contributed by atoms with Crippen LogP contribution < -0.4 is 16.4 Å². The summed E-state index contributed by atoms with van der Waals surface area (Å²) in [7, 11) is 1.57. The quantitative estimate of drug-likeness (QED) is 0.346. The molecule has 0 radical (unpaired) electrons. The molecule has 5 rings (SSSR count).